The lowest BCUT2D eigenvalue weighted by Crippen LogP contribution is -2.53. The van der Waals surface area contributed by atoms with Crippen molar-refractivity contribution < 1.29 is 27.0 Å². The Morgan fingerprint density at radius 3 is 2.56 bits per heavy atom. The number of ether oxygens (including phenoxy) is 2. The minimum Gasteiger partial charge on any atom is -0.496 e. The Balaban J connectivity index is 1.49. The zero-order valence-electron chi connectivity index (χ0n) is 18.7. The van der Waals surface area contributed by atoms with Crippen molar-refractivity contribution in [2.45, 2.75) is 56.7 Å². The molecule has 2 unspecified atom stereocenters. The molecule has 3 aliphatic heterocycles. The number of methoxy groups -OCH3 is 1. The fourth-order valence-electron chi connectivity index (χ4n) is 5.18. The van der Waals surface area contributed by atoms with Crippen LogP contribution in [0.3, 0.4) is 0 Å². The number of alkyl halides is 3. The zero-order chi connectivity index (χ0) is 24.0. The summed E-state index contributed by atoms with van der Waals surface area (Å²) in [5.74, 6) is 0.164. The molecule has 34 heavy (non-hydrogen) atoms. The first kappa shape index (κ1) is 22.9. The lowest BCUT2D eigenvalue weighted by Gasteiger charge is -2.40. The summed E-state index contributed by atoms with van der Waals surface area (Å²) in [6, 6.07) is 3.58. The van der Waals surface area contributed by atoms with Gasteiger partial charge in [-0.05, 0) is 37.3 Å². The maximum absolute atomic E-state index is 14.0. The molecule has 5 rings (SSSR count). The van der Waals surface area contributed by atoms with Crippen molar-refractivity contribution in [2.24, 2.45) is 0 Å². The number of nitrogens with zero attached hydrogens (tertiary/aromatic N) is 4. The number of fused-ring (bicyclic) bond motifs is 3. The molecule has 0 saturated carbocycles. The minimum absolute atomic E-state index is 0.0102. The number of rotatable bonds is 5. The van der Waals surface area contributed by atoms with E-state index in [9.17, 15) is 22.4 Å². The topological polar surface area (TPSA) is 59.8 Å². The van der Waals surface area contributed by atoms with Crippen LogP contribution in [-0.4, -0.2) is 60.7 Å². The van der Waals surface area contributed by atoms with E-state index in [1.807, 2.05) is 4.90 Å². The van der Waals surface area contributed by atoms with E-state index in [1.54, 1.807) is 0 Å². The summed E-state index contributed by atoms with van der Waals surface area (Å²) in [6.45, 7) is 0.997. The highest BCUT2D eigenvalue weighted by atomic mass is 19.4. The summed E-state index contributed by atoms with van der Waals surface area (Å²) < 4.78 is 68.0. The first-order valence-corrected chi connectivity index (χ1v) is 11.4. The van der Waals surface area contributed by atoms with Crippen LogP contribution in [0.4, 0.5) is 29.3 Å². The summed E-state index contributed by atoms with van der Waals surface area (Å²) in [6.07, 6.45) is -2.64. The third kappa shape index (κ3) is 4.33. The van der Waals surface area contributed by atoms with Gasteiger partial charge in [0, 0.05) is 38.3 Å². The van der Waals surface area contributed by atoms with Crippen molar-refractivity contribution >= 4 is 11.8 Å². The molecule has 0 amide bonds. The van der Waals surface area contributed by atoms with E-state index in [0.29, 0.717) is 24.5 Å². The number of halogens is 4. The van der Waals surface area contributed by atoms with Gasteiger partial charge in [-0.1, -0.05) is 6.07 Å². The van der Waals surface area contributed by atoms with E-state index >= 15 is 0 Å². The molecule has 4 heterocycles. The van der Waals surface area contributed by atoms with Crippen LogP contribution in [0.15, 0.2) is 29.1 Å². The van der Waals surface area contributed by atoms with E-state index in [0.717, 1.165) is 17.7 Å². The number of aromatic nitrogens is 2. The van der Waals surface area contributed by atoms with E-state index in [2.05, 4.69) is 4.98 Å². The van der Waals surface area contributed by atoms with Gasteiger partial charge in [-0.15, -0.1) is 0 Å². The molecule has 184 valence electrons. The number of anilines is 2. The van der Waals surface area contributed by atoms with Crippen molar-refractivity contribution in [1.82, 2.24) is 9.55 Å². The van der Waals surface area contributed by atoms with Gasteiger partial charge in [0.15, 0.2) is 0 Å². The molecule has 1 aromatic carbocycles. The van der Waals surface area contributed by atoms with Crippen LogP contribution in [0.5, 0.6) is 5.75 Å². The molecule has 0 spiro atoms. The Bertz CT molecular complexity index is 1110. The van der Waals surface area contributed by atoms with Crippen LogP contribution in [0.1, 0.15) is 24.8 Å². The van der Waals surface area contributed by atoms with Gasteiger partial charge < -0.3 is 19.3 Å². The van der Waals surface area contributed by atoms with Crippen molar-refractivity contribution in [3.63, 3.8) is 0 Å². The van der Waals surface area contributed by atoms with E-state index in [1.165, 1.54) is 35.9 Å². The Labute approximate surface area is 193 Å². The summed E-state index contributed by atoms with van der Waals surface area (Å²) >= 11 is 0. The highest BCUT2D eigenvalue weighted by molar-refractivity contribution is 5.48. The molecule has 0 N–H and O–H groups in total. The Hall–Kier alpha value is -2.82. The molecule has 3 aliphatic rings. The largest absolute Gasteiger partial charge is 0.496 e. The fraction of sp³-hybridized carbons (Fsp3) is 0.565. The molecular formula is C23H26F4N4O3. The SMILES string of the molecule is COc1cc(F)ccc1CCN1c2nc(N3CC4CCC(C3)O4)cc(=O)n2CC[C@H]1C(F)(F)F. The molecule has 2 bridgehead atoms. The van der Waals surface area contributed by atoms with Crippen molar-refractivity contribution in [3.05, 3.63) is 46.0 Å². The minimum atomic E-state index is -4.50. The van der Waals surface area contributed by atoms with Gasteiger partial charge in [-0.25, -0.2) is 4.39 Å². The molecule has 2 saturated heterocycles. The second-order valence-corrected chi connectivity index (χ2v) is 9.01. The number of hydrogen-bond donors (Lipinski definition) is 0. The van der Waals surface area contributed by atoms with Gasteiger partial charge in [-0.2, -0.15) is 18.2 Å². The Morgan fingerprint density at radius 1 is 1.15 bits per heavy atom. The molecule has 3 atom stereocenters. The second-order valence-electron chi connectivity index (χ2n) is 9.01. The first-order valence-electron chi connectivity index (χ1n) is 11.4. The van der Waals surface area contributed by atoms with Crippen LogP contribution >= 0.6 is 0 Å². The Morgan fingerprint density at radius 2 is 1.88 bits per heavy atom. The van der Waals surface area contributed by atoms with E-state index in [-0.39, 0.29) is 55.4 Å². The normalized spacial score (nSPS) is 24.3. The number of benzene rings is 1. The van der Waals surface area contributed by atoms with Crippen LogP contribution in [0.2, 0.25) is 0 Å². The second kappa shape index (κ2) is 8.75. The number of hydrogen-bond acceptors (Lipinski definition) is 6. The smallest absolute Gasteiger partial charge is 0.408 e. The lowest BCUT2D eigenvalue weighted by atomic mass is 10.1. The predicted molar refractivity (Wildman–Crippen MR) is 117 cm³/mol. The third-order valence-electron chi connectivity index (χ3n) is 6.85. The first-order chi connectivity index (χ1) is 16.2. The van der Waals surface area contributed by atoms with Gasteiger partial charge in [0.1, 0.15) is 23.4 Å². The van der Waals surface area contributed by atoms with E-state index in [4.69, 9.17) is 9.47 Å². The van der Waals surface area contributed by atoms with Gasteiger partial charge in [0.2, 0.25) is 5.95 Å². The van der Waals surface area contributed by atoms with Gasteiger partial charge in [-0.3, -0.25) is 9.36 Å². The van der Waals surface area contributed by atoms with Gasteiger partial charge in [0.25, 0.3) is 5.56 Å². The highest BCUT2D eigenvalue weighted by Gasteiger charge is 2.47. The molecule has 11 heteroatoms. The lowest BCUT2D eigenvalue weighted by molar-refractivity contribution is -0.152. The molecule has 0 radical (unpaired) electrons. The maximum atomic E-state index is 14.0. The average Bonchev–Trinajstić information content (AvgIpc) is 3.14. The molecule has 2 aromatic rings. The monoisotopic (exact) mass is 482 g/mol. The summed E-state index contributed by atoms with van der Waals surface area (Å²) in [5, 5.41) is 0. The van der Waals surface area contributed by atoms with Crippen LogP contribution in [0.25, 0.3) is 0 Å². The maximum Gasteiger partial charge on any atom is 0.408 e. The molecule has 0 aliphatic carbocycles. The molecular weight excluding hydrogens is 456 g/mol. The zero-order valence-corrected chi connectivity index (χ0v) is 18.7. The van der Waals surface area contributed by atoms with E-state index < -0.39 is 18.0 Å². The van der Waals surface area contributed by atoms with Crippen LogP contribution < -0.4 is 20.1 Å². The molecule has 7 nitrogen and oxygen atoms in total. The van der Waals surface area contributed by atoms with Crippen LogP contribution in [-0.2, 0) is 17.7 Å². The fourth-order valence-corrected chi connectivity index (χ4v) is 5.18. The van der Waals surface area contributed by atoms with Gasteiger partial charge >= 0.3 is 6.18 Å². The third-order valence-corrected chi connectivity index (χ3v) is 6.85. The van der Waals surface area contributed by atoms with Gasteiger partial charge in [0.05, 0.1) is 19.3 Å². The van der Waals surface area contributed by atoms with Crippen LogP contribution in [0, 0.1) is 5.82 Å². The summed E-state index contributed by atoms with van der Waals surface area (Å²) in [5.41, 5.74) is 0.203. The summed E-state index contributed by atoms with van der Waals surface area (Å²) in [7, 11) is 1.38. The average molecular weight is 482 g/mol. The van der Waals surface area contributed by atoms with Crippen molar-refractivity contribution in [3.8, 4) is 5.75 Å². The van der Waals surface area contributed by atoms with Crippen molar-refractivity contribution in [1.29, 1.82) is 0 Å². The predicted octanol–water partition coefficient (Wildman–Crippen LogP) is 3.14. The quantitative estimate of drug-likeness (QED) is 0.611. The molecule has 1 aromatic heterocycles. The number of morpholine rings is 1. The Kier molecular flexibility index (Phi) is 5.91. The highest BCUT2D eigenvalue weighted by Crippen LogP contribution is 2.35. The van der Waals surface area contributed by atoms with Crippen molar-refractivity contribution in [2.75, 3.05) is 36.5 Å². The molecule has 2 fully saturated rings. The standard InChI is InChI=1S/C23H26F4N4O3/c1-33-18-10-15(24)3-2-14(18)6-8-30-19(23(25,26)27)7-9-31-21(32)11-20(28-22(30)31)29-12-16-4-5-17(13-29)34-16/h2-3,10-11,16-17,19H,4-9,12-13H2,1H3/t16?,17?,19-/m0/s1. The summed E-state index contributed by atoms with van der Waals surface area (Å²) in [4.78, 5) is 20.6.